The average Bonchev–Trinajstić information content (AvgIpc) is 2.87. The minimum Gasteiger partial charge on any atom is -0.495 e. The quantitative estimate of drug-likeness (QED) is 0.797. The van der Waals surface area contributed by atoms with E-state index in [4.69, 9.17) is 22.1 Å². The molecular formula is C13H15ClN4O2S2. The molecule has 6 nitrogen and oxygen atoms in total. The number of carbonyl (C=O) groups is 1. The second kappa shape index (κ2) is 7.17. The molecule has 22 heavy (non-hydrogen) atoms. The third kappa shape index (κ3) is 4.02. The zero-order valence-electron chi connectivity index (χ0n) is 12.2. The summed E-state index contributed by atoms with van der Waals surface area (Å²) >= 11 is 8.60. The molecule has 0 bridgehead atoms. The predicted molar refractivity (Wildman–Crippen MR) is 91.0 cm³/mol. The van der Waals surface area contributed by atoms with Gasteiger partial charge in [-0.25, -0.2) is 0 Å². The van der Waals surface area contributed by atoms with Crippen LogP contribution in [0.4, 0.5) is 10.8 Å². The highest BCUT2D eigenvalue weighted by molar-refractivity contribution is 8.02. The van der Waals surface area contributed by atoms with Crippen LogP contribution in [0.1, 0.15) is 12.5 Å². The number of nitrogens with zero attached hydrogens (tertiary/aromatic N) is 2. The van der Waals surface area contributed by atoms with Crippen molar-refractivity contribution in [1.29, 1.82) is 0 Å². The molecule has 0 spiro atoms. The number of benzene rings is 1. The van der Waals surface area contributed by atoms with Crippen LogP contribution in [-0.4, -0.2) is 28.5 Å². The van der Waals surface area contributed by atoms with Gasteiger partial charge in [0.2, 0.25) is 11.0 Å². The number of anilines is 2. The van der Waals surface area contributed by atoms with Crippen LogP contribution in [0.3, 0.4) is 0 Å². The number of ether oxygens (including phenoxy) is 1. The number of rotatable bonds is 5. The van der Waals surface area contributed by atoms with Crippen molar-refractivity contribution < 1.29 is 9.53 Å². The van der Waals surface area contributed by atoms with Crippen molar-refractivity contribution in [3.8, 4) is 5.75 Å². The van der Waals surface area contributed by atoms with E-state index in [-0.39, 0.29) is 11.2 Å². The van der Waals surface area contributed by atoms with E-state index < -0.39 is 0 Å². The lowest BCUT2D eigenvalue weighted by molar-refractivity contribution is -0.115. The molecule has 0 radical (unpaired) electrons. The summed E-state index contributed by atoms with van der Waals surface area (Å²) < 4.78 is 5.89. The van der Waals surface area contributed by atoms with E-state index in [0.717, 1.165) is 5.56 Å². The maximum atomic E-state index is 12.3. The number of aromatic nitrogens is 2. The van der Waals surface area contributed by atoms with E-state index in [2.05, 4.69) is 15.5 Å². The first-order chi connectivity index (χ1) is 10.4. The Morgan fingerprint density at radius 2 is 2.23 bits per heavy atom. The molecule has 1 unspecified atom stereocenters. The van der Waals surface area contributed by atoms with Crippen LogP contribution < -0.4 is 15.8 Å². The van der Waals surface area contributed by atoms with Crippen molar-refractivity contribution in [3.63, 3.8) is 0 Å². The molecule has 1 atom stereocenters. The Morgan fingerprint density at radius 1 is 1.50 bits per heavy atom. The van der Waals surface area contributed by atoms with Crippen LogP contribution in [0.15, 0.2) is 16.5 Å². The molecule has 0 saturated heterocycles. The summed E-state index contributed by atoms with van der Waals surface area (Å²) in [5.41, 5.74) is 6.96. The number of nitrogens with one attached hydrogen (secondary N) is 1. The standard InChI is InChI=1S/C13H15ClN4O2S2/c1-6-4-9(10(20-3)5-8(6)14)16-11(19)7(2)21-13-18-17-12(15)22-13/h4-5,7H,1-3H3,(H2,15,17)(H,16,19). The Bertz CT molecular complexity index is 693. The number of nitrogen functional groups attached to an aromatic ring is 1. The first-order valence-corrected chi connectivity index (χ1v) is 8.38. The SMILES string of the molecule is COc1cc(Cl)c(C)cc1NC(=O)C(C)Sc1nnc(N)s1. The molecule has 0 saturated carbocycles. The lowest BCUT2D eigenvalue weighted by atomic mass is 10.2. The zero-order chi connectivity index (χ0) is 16.3. The van der Waals surface area contributed by atoms with Gasteiger partial charge in [0.05, 0.1) is 18.0 Å². The fourth-order valence-corrected chi connectivity index (χ4v) is 3.57. The molecule has 1 aromatic heterocycles. The van der Waals surface area contributed by atoms with Crippen LogP contribution in [0.5, 0.6) is 5.75 Å². The van der Waals surface area contributed by atoms with Crippen molar-refractivity contribution >= 4 is 51.4 Å². The highest BCUT2D eigenvalue weighted by Gasteiger charge is 2.19. The molecular weight excluding hydrogens is 344 g/mol. The van der Waals surface area contributed by atoms with E-state index in [9.17, 15) is 4.79 Å². The number of hydrogen-bond donors (Lipinski definition) is 2. The van der Waals surface area contributed by atoms with Gasteiger partial charge < -0.3 is 15.8 Å². The summed E-state index contributed by atoms with van der Waals surface area (Å²) in [5, 5.41) is 11.1. The minimum atomic E-state index is -0.354. The zero-order valence-corrected chi connectivity index (χ0v) is 14.6. The predicted octanol–water partition coefficient (Wildman–Crippen LogP) is 3.21. The van der Waals surface area contributed by atoms with Gasteiger partial charge in [-0.3, -0.25) is 4.79 Å². The molecule has 9 heteroatoms. The molecule has 0 aliphatic rings. The molecule has 0 aliphatic heterocycles. The van der Waals surface area contributed by atoms with Gasteiger partial charge in [0.25, 0.3) is 0 Å². The second-order valence-corrected chi connectivity index (χ2v) is 7.46. The van der Waals surface area contributed by atoms with Gasteiger partial charge in [0, 0.05) is 11.1 Å². The summed E-state index contributed by atoms with van der Waals surface area (Å²) in [5.74, 6) is 0.347. The van der Waals surface area contributed by atoms with Gasteiger partial charge in [0.15, 0.2) is 4.34 Å². The van der Waals surface area contributed by atoms with Crippen LogP contribution in [0, 0.1) is 6.92 Å². The summed E-state index contributed by atoms with van der Waals surface area (Å²) in [7, 11) is 1.53. The Hall–Kier alpha value is -1.51. The van der Waals surface area contributed by atoms with Gasteiger partial charge in [0.1, 0.15) is 5.75 Å². The van der Waals surface area contributed by atoms with Gasteiger partial charge in [-0.1, -0.05) is 34.7 Å². The Balaban J connectivity index is 2.09. The summed E-state index contributed by atoms with van der Waals surface area (Å²) in [6.45, 7) is 3.65. The molecule has 2 rings (SSSR count). The second-order valence-electron chi connectivity index (χ2n) is 4.46. The molecule has 3 N–H and O–H groups in total. The molecule has 1 heterocycles. The minimum absolute atomic E-state index is 0.168. The van der Waals surface area contributed by atoms with E-state index in [1.807, 2.05) is 6.92 Å². The number of hydrogen-bond acceptors (Lipinski definition) is 7. The lowest BCUT2D eigenvalue weighted by Gasteiger charge is -2.14. The molecule has 0 fully saturated rings. The summed E-state index contributed by atoms with van der Waals surface area (Å²) in [4.78, 5) is 12.3. The Morgan fingerprint density at radius 3 is 2.82 bits per heavy atom. The number of aryl methyl sites for hydroxylation is 1. The van der Waals surface area contributed by atoms with Gasteiger partial charge in [-0.15, -0.1) is 10.2 Å². The Kier molecular flexibility index (Phi) is 5.49. The normalized spacial score (nSPS) is 12.0. The van der Waals surface area contributed by atoms with E-state index in [0.29, 0.717) is 25.9 Å². The largest absolute Gasteiger partial charge is 0.495 e. The van der Waals surface area contributed by atoms with Crippen LogP contribution in [0.25, 0.3) is 0 Å². The molecule has 2 aromatic rings. The van der Waals surface area contributed by atoms with Gasteiger partial charge in [-0.2, -0.15) is 0 Å². The summed E-state index contributed by atoms with van der Waals surface area (Å²) in [6.07, 6.45) is 0. The van der Waals surface area contributed by atoms with E-state index in [1.165, 1.54) is 30.2 Å². The van der Waals surface area contributed by atoms with Crippen molar-refractivity contribution in [2.45, 2.75) is 23.4 Å². The Labute approximate surface area is 141 Å². The van der Waals surface area contributed by atoms with Crippen molar-refractivity contribution in [2.24, 2.45) is 0 Å². The highest BCUT2D eigenvalue weighted by atomic mass is 35.5. The first kappa shape index (κ1) is 16.9. The van der Waals surface area contributed by atoms with Crippen molar-refractivity contribution in [2.75, 3.05) is 18.2 Å². The van der Waals surface area contributed by atoms with Crippen LogP contribution in [-0.2, 0) is 4.79 Å². The highest BCUT2D eigenvalue weighted by Crippen LogP contribution is 2.32. The first-order valence-electron chi connectivity index (χ1n) is 6.31. The van der Waals surface area contributed by atoms with Crippen molar-refractivity contribution in [3.05, 3.63) is 22.7 Å². The smallest absolute Gasteiger partial charge is 0.237 e. The van der Waals surface area contributed by atoms with Crippen LogP contribution in [0.2, 0.25) is 5.02 Å². The van der Waals surface area contributed by atoms with Crippen LogP contribution >= 0.6 is 34.7 Å². The lowest BCUT2D eigenvalue weighted by Crippen LogP contribution is -2.22. The molecule has 0 aliphatic carbocycles. The average molecular weight is 359 g/mol. The monoisotopic (exact) mass is 358 g/mol. The fraction of sp³-hybridized carbons (Fsp3) is 0.308. The molecule has 118 valence electrons. The molecule has 1 aromatic carbocycles. The van der Waals surface area contributed by atoms with E-state index in [1.54, 1.807) is 19.1 Å². The number of nitrogens with two attached hydrogens (primary N) is 1. The van der Waals surface area contributed by atoms with Crippen molar-refractivity contribution in [1.82, 2.24) is 10.2 Å². The van der Waals surface area contributed by atoms with Gasteiger partial charge >= 0.3 is 0 Å². The maximum Gasteiger partial charge on any atom is 0.237 e. The number of thioether (sulfide) groups is 1. The number of methoxy groups -OCH3 is 1. The summed E-state index contributed by atoms with van der Waals surface area (Å²) in [6, 6.07) is 3.45. The molecule has 1 amide bonds. The third-order valence-electron chi connectivity index (χ3n) is 2.81. The number of carbonyl (C=O) groups excluding carboxylic acids is 1. The van der Waals surface area contributed by atoms with E-state index >= 15 is 0 Å². The maximum absolute atomic E-state index is 12.3. The third-order valence-corrected chi connectivity index (χ3v) is 5.15. The topological polar surface area (TPSA) is 90.1 Å². The fourth-order valence-electron chi connectivity index (χ4n) is 1.64. The van der Waals surface area contributed by atoms with Gasteiger partial charge in [-0.05, 0) is 25.5 Å². The number of amides is 1. The number of halogens is 1.